The largest absolute Gasteiger partial charge is 0.370 e. The van der Waals surface area contributed by atoms with Crippen molar-refractivity contribution in [2.24, 2.45) is 16.5 Å². The van der Waals surface area contributed by atoms with Gasteiger partial charge in [0.1, 0.15) is 0 Å². The number of nitrogens with zero attached hydrogens (tertiary/aromatic N) is 3. The Morgan fingerprint density at radius 3 is 3.00 bits per heavy atom. The van der Waals surface area contributed by atoms with Gasteiger partial charge >= 0.3 is 0 Å². The van der Waals surface area contributed by atoms with E-state index >= 15 is 0 Å². The molecule has 0 saturated heterocycles. The lowest BCUT2D eigenvalue weighted by Crippen LogP contribution is -2.23. The molecule has 0 spiro atoms. The molecule has 0 unspecified atom stereocenters. The Bertz CT molecular complexity index is 365. The number of aliphatic imine (C=N–C) groups is 1. The molecule has 0 aliphatic rings. The van der Waals surface area contributed by atoms with Gasteiger partial charge < -0.3 is 16.0 Å². The first-order valence-corrected chi connectivity index (χ1v) is 5.42. The van der Waals surface area contributed by atoms with E-state index in [0.29, 0.717) is 5.75 Å². The maximum absolute atomic E-state index is 7.43. The number of hydrogen-bond acceptors (Lipinski definition) is 3. The predicted molar refractivity (Wildman–Crippen MR) is 62.7 cm³/mol. The van der Waals surface area contributed by atoms with Gasteiger partial charge in [-0.2, -0.15) is 4.99 Å². The minimum atomic E-state index is -0.0866. The average molecular weight is 226 g/mol. The summed E-state index contributed by atoms with van der Waals surface area (Å²) in [6, 6.07) is 0. The molecule has 82 valence electrons. The number of guanidine groups is 1. The number of thioether (sulfide) groups is 1. The molecule has 0 radical (unpaired) electrons. The van der Waals surface area contributed by atoms with Gasteiger partial charge in [0.15, 0.2) is 11.1 Å². The van der Waals surface area contributed by atoms with Crippen molar-refractivity contribution in [1.29, 1.82) is 5.41 Å². The smallest absolute Gasteiger partial charge is 0.193 e. The minimum absolute atomic E-state index is 0.0866. The first-order valence-electron chi connectivity index (χ1n) is 4.43. The van der Waals surface area contributed by atoms with Gasteiger partial charge in [0, 0.05) is 24.2 Å². The van der Waals surface area contributed by atoms with Crippen LogP contribution in [0, 0.1) is 5.41 Å². The Hall–Kier alpha value is -1.50. The summed E-state index contributed by atoms with van der Waals surface area (Å²) >= 11 is 1.27. The number of imidazole rings is 1. The highest BCUT2D eigenvalue weighted by molar-refractivity contribution is 8.13. The van der Waals surface area contributed by atoms with Crippen LogP contribution in [0.1, 0.15) is 12.6 Å². The summed E-state index contributed by atoms with van der Waals surface area (Å²) in [5, 5.41) is 7.54. The Morgan fingerprint density at radius 1 is 1.67 bits per heavy atom. The molecule has 0 saturated carbocycles. The van der Waals surface area contributed by atoms with E-state index in [1.165, 1.54) is 11.8 Å². The number of hydrogen-bond donors (Lipinski definition) is 3. The second kappa shape index (κ2) is 5.40. The molecule has 15 heavy (non-hydrogen) atoms. The summed E-state index contributed by atoms with van der Waals surface area (Å²) in [5.74, 6) is 0.556. The second-order valence-electron chi connectivity index (χ2n) is 2.80. The van der Waals surface area contributed by atoms with Crippen LogP contribution in [-0.4, -0.2) is 20.7 Å². The van der Waals surface area contributed by atoms with E-state index in [-0.39, 0.29) is 11.1 Å². The first kappa shape index (κ1) is 11.6. The molecule has 0 aromatic carbocycles. The van der Waals surface area contributed by atoms with Gasteiger partial charge in [-0.25, -0.2) is 4.98 Å². The van der Waals surface area contributed by atoms with Crippen LogP contribution >= 0.6 is 11.8 Å². The highest BCUT2D eigenvalue weighted by atomic mass is 32.2. The van der Waals surface area contributed by atoms with E-state index in [0.717, 1.165) is 12.2 Å². The third kappa shape index (κ3) is 3.62. The fraction of sp³-hybridized carbons (Fsp3) is 0.375. The van der Waals surface area contributed by atoms with Crippen LogP contribution in [0.3, 0.4) is 0 Å². The lowest BCUT2D eigenvalue weighted by Gasteiger charge is -2.03. The van der Waals surface area contributed by atoms with E-state index in [1.807, 2.05) is 11.5 Å². The molecule has 0 atom stereocenters. The fourth-order valence-corrected chi connectivity index (χ4v) is 1.74. The topological polar surface area (TPSA) is 106 Å². The lowest BCUT2D eigenvalue weighted by atomic mass is 10.5. The number of amidine groups is 1. The zero-order valence-electron chi connectivity index (χ0n) is 8.47. The van der Waals surface area contributed by atoms with Crippen molar-refractivity contribution in [2.75, 3.05) is 0 Å². The zero-order chi connectivity index (χ0) is 11.3. The Labute approximate surface area is 92.3 Å². The molecule has 1 aromatic rings. The van der Waals surface area contributed by atoms with Gasteiger partial charge in [-0.15, -0.1) is 0 Å². The Kier molecular flexibility index (Phi) is 4.17. The molecule has 1 aromatic heterocycles. The van der Waals surface area contributed by atoms with Gasteiger partial charge in [-0.3, -0.25) is 5.41 Å². The van der Waals surface area contributed by atoms with E-state index < -0.39 is 0 Å². The van der Waals surface area contributed by atoms with Crippen molar-refractivity contribution in [1.82, 2.24) is 9.55 Å². The molecule has 5 N–H and O–H groups in total. The monoisotopic (exact) mass is 226 g/mol. The predicted octanol–water partition coefficient (Wildman–Crippen LogP) is 0.344. The lowest BCUT2D eigenvalue weighted by molar-refractivity contribution is 0.734. The average Bonchev–Trinajstić information content (AvgIpc) is 2.60. The number of rotatable bonds is 3. The maximum Gasteiger partial charge on any atom is 0.193 e. The summed E-state index contributed by atoms with van der Waals surface area (Å²) in [6.07, 6.45) is 3.54. The molecule has 0 aliphatic carbocycles. The molecule has 0 amide bonds. The van der Waals surface area contributed by atoms with Gasteiger partial charge in [0.2, 0.25) is 0 Å². The summed E-state index contributed by atoms with van der Waals surface area (Å²) in [5.41, 5.74) is 11.4. The second-order valence-corrected chi connectivity index (χ2v) is 3.77. The highest BCUT2D eigenvalue weighted by Crippen LogP contribution is 2.13. The summed E-state index contributed by atoms with van der Waals surface area (Å²) in [6.45, 7) is 2.91. The van der Waals surface area contributed by atoms with Gasteiger partial charge in [0.25, 0.3) is 0 Å². The van der Waals surface area contributed by atoms with Crippen molar-refractivity contribution in [3.63, 3.8) is 0 Å². The first-order chi connectivity index (χ1) is 7.13. The molecule has 0 aliphatic heterocycles. The maximum atomic E-state index is 7.43. The van der Waals surface area contributed by atoms with Crippen LogP contribution in [0.2, 0.25) is 0 Å². The van der Waals surface area contributed by atoms with Crippen molar-refractivity contribution >= 4 is 22.9 Å². The fourth-order valence-electron chi connectivity index (χ4n) is 1.04. The Morgan fingerprint density at radius 2 is 2.40 bits per heavy atom. The normalized spacial score (nSPS) is 9.93. The molecule has 7 heteroatoms. The van der Waals surface area contributed by atoms with Crippen molar-refractivity contribution in [3.8, 4) is 0 Å². The van der Waals surface area contributed by atoms with Crippen molar-refractivity contribution in [2.45, 2.75) is 19.2 Å². The molecule has 0 bridgehead atoms. The van der Waals surface area contributed by atoms with Crippen LogP contribution in [0.25, 0.3) is 0 Å². The van der Waals surface area contributed by atoms with Crippen LogP contribution < -0.4 is 11.5 Å². The van der Waals surface area contributed by atoms with E-state index in [1.54, 1.807) is 12.5 Å². The van der Waals surface area contributed by atoms with Crippen molar-refractivity contribution in [3.05, 3.63) is 18.2 Å². The summed E-state index contributed by atoms with van der Waals surface area (Å²) < 4.78 is 2.01. The third-order valence-corrected chi connectivity index (χ3v) is 2.53. The van der Waals surface area contributed by atoms with Gasteiger partial charge in [0.05, 0.1) is 6.33 Å². The standard InChI is InChI=1S/C8H14N6S/c1-2-14-5-12-3-6(14)4-15-8(11)13-7(9)10/h3,5H,2,4H2,1H3,(H5,9,10,11,13). The quantitative estimate of drug-likeness (QED) is 0.510. The summed E-state index contributed by atoms with van der Waals surface area (Å²) in [4.78, 5) is 7.65. The SMILES string of the molecule is CCn1cncc1CSC(=N)N=C(N)N. The molecular formula is C8H14N6S. The van der Waals surface area contributed by atoms with Crippen LogP contribution in [-0.2, 0) is 12.3 Å². The number of aromatic nitrogens is 2. The number of aryl methyl sites for hydroxylation is 1. The minimum Gasteiger partial charge on any atom is -0.370 e. The van der Waals surface area contributed by atoms with Crippen LogP contribution in [0.4, 0.5) is 0 Å². The third-order valence-electron chi connectivity index (χ3n) is 1.73. The van der Waals surface area contributed by atoms with Gasteiger partial charge in [-0.05, 0) is 6.92 Å². The molecular weight excluding hydrogens is 212 g/mol. The molecule has 6 nitrogen and oxygen atoms in total. The summed E-state index contributed by atoms with van der Waals surface area (Å²) in [7, 11) is 0. The number of nitrogens with two attached hydrogens (primary N) is 2. The molecule has 1 rings (SSSR count). The van der Waals surface area contributed by atoms with Gasteiger partial charge in [-0.1, -0.05) is 11.8 Å². The zero-order valence-corrected chi connectivity index (χ0v) is 9.29. The van der Waals surface area contributed by atoms with E-state index in [4.69, 9.17) is 16.9 Å². The Balaban J connectivity index is 2.50. The van der Waals surface area contributed by atoms with Crippen molar-refractivity contribution < 1.29 is 0 Å². The van der Waals surface area contributed by atoms with Crippen LogP contribution in [0.5, 0.6) is 0 Å². The van der Waals surface area contributed by atoms with Crippen LogP contribution in [0.15, 0.2) is 17.5 Å². The van der Waals surface area contributed by atoms with E-state index in [2.05, 4.69) is 9.98 Å². The highest BCUT2D eigenvalue weighted by Gasteiger charge is 2.02. The molecule has 1 heterocycles. The molecule has 0 fully saturated rings. The van der Waals surface area contributed by atoms with E-state index in [9.17, 15) is 0 Å². The number of nitrogens with one attached hydrogen (secondary N) is 1.